The van der Waals surface area contributed by atoms with Gasteiger partial charge in [-0.3, -0.25) is 14.6 Å². The maximum absolute atomic E-state index is 13.0. The lowest BCUT2D eigenvalue weighted by atomic mass is 10.0. The maximum Gasteiger partial charge on any atom is 0.302 e. The van der Waals surface area contributed by atoms with Gasteiger partial charge < -0.3 is 14.8 Å². The highest BCUT2D eigenvalue weighted by Gasteiger charge is 2.31. The van der Waals surface area contributed by atoms with Crippen LogP contribution in [0.4, 0.5) is 10.5 Å². The van der Waals surface area contributed by atoms with Crippen LogP contribution in [0.5, 0.6) is 11.5 Å². The number of hydrazone groups is 1. The Labute approximate surface area is 232 Å². The Morgan fingerprint density at radius 1 is 1.08 bits per heavy atom. The van der Waals surface area contributed by atoms with Crippen molar-refractivity contribution in [2.45, 2.75) is 56.9 Å². The Bertz CT molecular complexity index is 1360. The maximum atomic E-state index is 13.0. The summed E-state index contributed by atoms with van der Waals surface area (Å²) in [6.45, 7) is 2.34. The monoisotopic (exact) mass is 544 g/mol. The molecule has 202 valence electrons. The zero-order valence-electron chi connectivity index (χ0n) is 22.1. The third kappa shape index (κ3) is 6.42. The van der Waals surface area contributed by atoms with E-state index >= 15 is 0 Å². The van der Waals surface area contributed by atoms with Gasteiger partial charge in [-0.05, 0) is 80.1 Å². The SMILES string of the molecule is CCC1SC(=O)N(Cc2cccc(NC(=O)c3ccccn3)c2)N=C1c1ccc(OC)c(OC2CCCC2)c1. The van der Waals surface area contributed by atoms with Crippen molar-refractivity contribution in [1.82, 2.24) is 9.99 Å². The number of nitrogens with one attached hydrogen (secondary N) is 1. The van der Waals surface area contributed by atoms with Gasteiger partial charge in [-0.2, -0.15) is 5.10 Å². The Hall–Kier alpha value is -3.85. The van der Waals surface area contributed by atoms with Crippen LogP contribution in [0.2, 0.25) is 0 Å². The first-order chi connectivity index (χ1) is 19.0. The van der Waals surface area contributed by atoms with E-state index in [-0.39, 0.29) is 29.0 Å². The summed E-state index contributed by atoms with van der Waals surface area (Å²) in [5, 5.41) is 9.03. The zero-order valence-corrected chi connectivity index (χ0v) is 22.9. The first-order valence-electron chi connectivity index (χ1n) is 13.3. The average molecular weight is 545 g/mol. The van der Waals surface area contributed by atoms with E-state index in [0.717, 1.165) is 36.1 Å². The molecule has 2 aromatic carbocycles. The molecule has 1 saturated carbocycles. The molecule has 0 spiro atoms. The lowest BCUT2D eigenvalue weighted by molar-refractivity contribution is 0.102. The second-order valence-electron chi connectivity index (χ2n) is 9.58. The van der Waals surface area contributed by atoms with Crippen LogP contribution < -0.4 is 14.8 Å². The van der Waals surface area contributed by atoms with Gasteiger partial charge in [0.25, 0.3) is 5.91 Å². The van der Waals surface area contributed by atoms with E-state index in [1.165, 1.54) is 29.6 Å². The van der Waals surface area contributed by atoms with Crippen molar-refractivity contribution in [3.63, 3.8) is 0 Å². The smallest absolute Gasteiger partial charge is 0.302 e. The minimum absolute atomic E-state index is 0.0644. The second-order valence-corrected chi connectivity index (χ2v) is 10.7. The number of anilines is 1. The number of methoxy groups -OCH3 is 1. The number of pyridine rings is 1. The number of thioether (sulfide) groups is 1. The van der Waals surface area contributed by atoms with Crippen LogP contribution in [0.1, 0.15) is 60.6 Å². The largest absolute Gasteiger partial charge is 0.493 e. The van der Waals surface area contributed by atoms with Crippen LogP contribution in [0.3, 0.4) is 0 Å². The van der Waals surface area contributed by atoms with Crippen molar-refractivity contribution in [1.29, 1.82) is 0 Å². The number of nitrogens with zero attached hydrogens (tertiary/aromatic N) is 3. The van der Waals surface area contributed by atoms with Crippen LogP contribution >= 0.6 is 11.8 Å². The fourth-order valence-electron chi connectivity index (χ4n) is 4.82. The first kappa shape index (κ1) is 26.7. The van der Waals surface area contributed by atoms with Crippen molar-refractivity contribution in [3.8, 4) is 11.5 Å². The average Bonchev–Trinajstić information content (AvgIpc) is 3.47. The summed E-state index contributed by atoms with van der Waals surface area (Å²) in [4.78, 5) is 29.7. The van der Waals surface area contributed by atoms with Gasteiger partial charge >= 0.3 is 5.24 Å². The predicted octanol–water partition coefficient (Wildman–Crippen LogP) is 6.52. The summed E-state index contributed by atoms with van der Waals surface area (Å²) < 4.78 is 11.9. The van der Waals surface area contributed by atoms with Gasteiger partial charge in [0.2, 0.25) is 0 Å². The molecule has 1 fully saturated rings. The van der Waals surface area contributed by atoms with Crippen LogP contribution in [-0.2, 0) is 6.54 Å². The van der Waals surface area contributed by atoms with Gasteiger partial charge in [-0.15, -0.1) is 0 Å². The predicted molar refractivity (Wildman–Crippen MR) is 154 cm³/mol. The van der Waals surface area contributed by atoms with Crippen molar-refractivity contribution in [3.05, 3.63) is 83.7 Å². The normalized spacial score (nSPS) is 17.6. The van der Waals surface area contributed by atoms with E-state index in [1.807, 2.05) is 42.5 Å². The third-order valence-corrected chi connectivity index (χ3v) is 8.08. The molecule has 2 amide bonds. The van der Waals surface area contributed by atoms with Crippen LogP contribution in [-0.4, -0.2) is 45.3 Å². The number of rotatable bonds is 9. The van der Waals surface area contributed by atoms with Crippen molar-refractivity contribution in [2.24, 2.45) is 5.10 Å². The van der Waals surface area contributed by atoms with E-state index in [4.69, 9.17) is 14.6 Å². The Morgan fingerprint density at radius 2 is 1.92 bits per heavy atom. The first-order valence-corrected chi connectivity index (χ1v) is 14.1. The number of carbonyl (C=O) groups excluding carboxylic acids is 2. The summed E-state index contributed by atoms with van der Waals surface area (Å²) >= 11 is 1.28. The summed E-state index contributed by atoms with van der Waals surface area (Å²) in [5.41, 5.74) is 3.55. The van der Waals surface area contributed by atoms with Crippen LogP contribution in [0.15, 0.2) is 72.0 Å². The lowest BCUT2D eigenvalue weighted by Crippen LogP contribution is -2.34. The van der Waals surface area contributed by atoms with Gasteiger partial charge in [0, 0.05) is 17.4 Å². The van der Waals surface area contributed by atoms with Crippen molar-refractivity contribution >= 4 is 34.3 Å². The van der Waals surface area contributed by atoms with Crippen molar-refractivity contribution in [2.75, 3.05) is 12.4 Å². The van der Waals surface area contributed by atoms with E-state index < -0.39 is 0 Å². The quantitative estimate of drug-likeness (QED) is 0.330. The Kier molecular flexibility index (Phi) is 8.46. The summed E-state index contributed by atoms with van der Waals surface area (Å²) in [5.74, 6) is 1.11. The summed E-state index contributed by atoms with van der Waals surface area (Å²) in [6, 6.07) is 18.5. The van der Waals surface area contributed by atoms with E-state index in [0.29, 0.717) is 22.9 Å². The molecule has 3 aromatic rings. The molecule has 2 aliphatic rings. The summed E-state index contributed by atoms with van der Waals surface area (Å²) in [7, 11) is 1.65. The minimum atomic E-state index is -0.293. The van der Waals surface area contributed by atoms with Crippen molar-refractivity contribution < 1.29 is 19.1 Å². The van der Waals surface area contributed by atoms with Crippen LogP contribution in [0, 0.1) is 0 Å². The molecule has 1 aliphatic carbocycles. The zero-order chi connectivity index (χ0) is 27.2. The van der Waals surface area contributed by atoms with E-state index in [2.05, 4.69) is 17.2 Å². The molecule has 1 aliphatic heterocycles. The number of hydrogen-bond donors (Lipinski definition) is 1. The third-order valence-electron chi connectivity index (χ3n) is 6.83. The van der Waals surface area contributed by atoms with Gasteiger partial charge in [-0.25, -0.2) is 5.01 Å². The highest BCUT2D eigenvalue weighted by atomic mass is 32.2. The van der Waals surface area contributed by atoms with E-state index in [1.54, 1.807) is 31.5 Å². The number of amides is 2. The number of benzene rings is 2. The molecule has 1 N–H and O–H groups in total. The van der Waals surface area contributed by atoms with E-state index in [9.17, 15) is 9.59 Å². The molecule has 2 heterocycles. The minimum Gasteiger partial charge on any atom is -0.493 e. The highest BCUT2D eigenvalue weighted by Crippen LogP contribution is 2.36. The van der Waals surface area contributed by atoms with Crippen LogP contribution in [0.25, 0.3) is 0 Å². The van der Waals surface area contributed by atoms with Gasteiger partial charge in [0.15, 0.2) is 11.5 Å². The number of ether oxygens (including phenoxy) is 2. The molecule has 9 heteroatoms. The molecule has 8 nitrogen and oxygen atoms in total. The molecule has 1 aromatic heterocycles. The number of carbonyl (C=O) groups is 2. The molecule has 1 unspecified atom stereocenters. The van der Waals surface area contributed by atoms with Gasteiger partial charge in [0.1, 0.15) is 5.69 Å². The standard InChI is InChI=1S/C30H32N4O4S/c1-3-27-28(21-14-15-25(37-2)26(18-21)38-23-11-4-5-12-23)33-34(30(36)39-27)19-20-9-8-10-22(17-20)32-29(35)24-13-6-7-16-31-24/h6-10,13-18,23,27H,3-5,11-12,19H2,1-2H3,(H,32,35). The summed E-state index contributed by atoms with van der Waals surface area (Å²) in [6.07, 6.45) is 7.00. The topological polar surface area (TPSA) is 93.1 Å². The Balaban J connectivity index is 1.37. The molecule has 0 bridgehead atoms. The molecular formula is C30H32N4O4S. The molecule has 0 radical (unpaired) electrons. The molecule has 0 saturated heterocycles. The number of aromatic nitrogens is 1. The highest BCUT2D eigenvalue weighted by molar-refractivity contribution is 8.14. The fraction of sp³-hybridized carbons (Fsp3) is 0.333. The van der Waals surface area contributed by atoms with Gasteiger partial charge in [-0.1, -0.05) is 36.9 Å². The lowest BCUT2D eigenvalue weighted by Gasteiger charge is -2.29. The fourth-order valence-corrected chi connectivity index (χ4v) is 5.75. The number of hydrogen-bond acceptors (Lipinski definition) is 7. The molecule has 1 atom stereocenters. The molecule has 5 rings (SSSR count). The molecule has 39 heavy (non-hydrogen) atoms. The Morgan fingerprint density at radius 3 is 2.67 bits per heavy atom. The second kappa shape index (κ2) is 12.3. The van der Waals surface area contributed by atoms with Gasteiger partial charge in [0.05, 0.1) is 30.7 Å². The molecular weight excluding hydrogens is 512 g/mol.